The maximum Gasteiger partial charge on any atom is 0.0651 e. The van der Waals surface area contributed by atoms with Crippen LogP contribution in [-0.2, 0) is 0 Å². The predicted molar refractivity (Wildman–Crippen MR) is 73.6 cm³/mol. The van der Waals surface area contributed by atoms with E-state index in [2.05, 4.69) is 40.8 Å². The van der Waals surface area contributed by atoms with Crippen molar-refractivity contribution in [3.63, 3.8) is 0 Å². The highest BCUT2D eigenvalue weighted by Crippen LogP contribution is 2.17. The summed E-state index contributed by atoms with van der Waals surface area (Å²) in [6.45, 7) is 2.20. The normalized spacial score (nSPS) is 15.7. The van der Waals surface area contributed by atoms with Crippen molar-refractivity contribution in [1.29, 1.82) is 0 Å². The van der Waals surface area contributed by atoms with Crippen LogP contribution < -0.4 is 5.32 Å². The van der Waals surface area contributed by atoms with E-state index in [0.29, 0.717) is 0 Å². The molecule has 0 spiro atoms. The fraction of sp³-hybridized carbons (Fsp3) is 0.267. The number of aromatic nitrogens is 2. The summed E-state index contributed by atoms with van der Waals surface area (Å²) in [6, 6.07) is 10.4. The third kappa shape index (κ3) is 2.51. The first-order chi connectivity index (χ1) is 8.92. The lowest BCUT2D eigenvalue weighted by Crippen LogP contribution is -2.22. The average Bonchev–Trinajstić information content (AvgIpc) is 2.94. The maximum atomic E-state index is 4.26. The molecule has 1 aromatic heterocycles. The monoisotopic (exact) mass is 239 g/mol. The fourth-order valence-corrected chi connectivity index (χ4v) is 2.31. The summed E-state index contributed by atoms with van der Waals surface area (Å²) in [5, 5.41) is 7.64. The zero-order valence-electron chi connectivity index (χ0n) is 10.3. The Bertz CT molecular complexity index is 533. The molecular weight excluding hydrogens is 222 g/mol. The Balaban J connectivity index is 1.87. The minimum Gasteiger partial charge on any atom is -0.316 e. The summed E-state index contributed by atoms with van der Waals surface area (Å²) in [6.07, 6.45) is 8.40. The number of hydrogen-bond acceptors (Lipinski definition) is 2. The van der Waals surface area contributed by atoms with Gasteiger partial charge in [0.2, 0.25) is 0 Å². The molecule has 1 aliphatic heterocycles. The molecule has 1 saturated heterocycles. The highest BCUT2D eigenvalue weighted by Gasteiger charge is 2.04. The molecule has 3 nitrogen and oxygen atoms in total. The molecule has 1 aliphatic rings. The van der Waals surface area contributed by atoms with Crippen LogP contribution in [0.3, 0.4) is 0 Å². The Labute approximate surface area is 107 Å². The minimum absolute atomic E-state index is 1.10. The van der Waals surface area contributed by atoms with Crippen LogP contribution in [0.2, 0.25) is 0 Å². The van der Waals surface area contributed by atoms with E-state index in [1.807, 2.05) is 16.9 Å². The number of benzene rings is 1. The van der Waals surface area contributed by atoms with Gasteiger partial charge in [0.05, 0.1) is 5.69 Å². The van der Waals surface area contributed by atoms with Crippen LogP contribution >= 0.6 is 0 Å². The predicted octanol–water partition coefficient (Wildman–Crippen LogP) is 2.64. The summed E-state index contributed by atoms with van der Waals surface area (Å²) in [5.74, 6) is 0. The molecule has 92 valence electrons. The molecule has 18 heavy (non-hydrogen) atoms. The highest BCUT2D eigenvalue weighted by atomic mass is 15.3. The molecule has 0 radical (unpaired) electrons. The summed E-state index contributed by atoms with van der Waals surface area (Å²) < 4.78 is 1.89. The second-order valence-electron chi connectivity index (χ2n) is 4.60. The van der Waals surface area contributed by atoms with E-state index < -0.39 is 0 Å². The molecule has 1 N–H and O–H groups in total. The average molecular weight is 239 g/mol. The fourth-order valence-electron chi connectivity index (χ4n) is 2.31. The zero-order valence-corrected chi connectivity index (χ0v) is 10.3. The Hall–Kier alpha value is -1.87. The zero-order chi connectivity index (χ0) is 12.2. The van der Waals surface area contributed by atoms with Gasteiger partial charge in [-0.3, -0.25) is 0 Å². The number of hydrogen-bond donors (Lipinski definition) is 1. The van der Waals surface area contributed by atoms with Crippen LogP contribution in [0.25, 0.3) is 11.8 Å². The second-order valence-corrected chi connectivity index (χ2v) is 4.60. The van der Waals surface area contributed by atoms with E-state index in [4.69, 9.17) is 0 Å². The largest absolute Gasteiger partial charge is 0.316 e. The number of piperidine rings is 1. The van der Waals surface area contributed by atoms with Gasteiger partial charge in [-0.15, -0.1) is 0 Å². The molecule has 2 aromatic rings. The van der Waals surface area contributed by atoms with Gasteiger partial charge in [-0.05, 0) is 49.7 Å². The van der Waals surface area contributed by atoms with Gasteiger partial charge in [-0.1, -0.05) is 23.8 Å². The summed E-state index contributed by atoms with van der Waals surface area (Å²) in [4.78, 5) is 0. The molecule has 3 heteroatoms. The maximum absolute atomic E-state index is 4.26. The van der Waals surface area contributed by atoms with Crippen LogP contribution in [-0.4, -0.2) is 22.9 Å². The van der Waals surface area contributed by atoms with Gasteiger partial charge in [0.25, 0.3) is 0 Å². The van der Waals surface area contributed by atoms with E-state index in [-0.39, 0.29) is 0 Å². The van der Waals surface area contributed by atoms with Crippen molar-refractivity contribution in [1.82, 2.24) is 15.1 Å². The standard InChI is InChI=1S/C15H17N3/c1-3-14(11-13-5-8-16-9-6-13)12-15(4-1)18-10-2-7-17-18/h1-4,7,10-12,16H,5-6,8-9H2. The lowest BCUT2D eigenvalue weighted by atomic mass is 10.0. The Kier molecular flexibility index (Phi) is 3.24. The Morgan fingerprint density at radius 1 is 1.17 bits per heavy atom. The van der Waals surface area contributed by atoms with Gasteiger partial charge in [0.15, 0.2) is 0 Å². The molecule has 3 rings (SSSR count). The van der Waals surface area contributed by atoms with Crippen molar-refractivity contribution >= 4 is 6.08 Å². The first kappa shape index (κ1) is 11.2. The molecule has 0 bridgehead atoms. The van der Waals surface area contributed by atoms with Gasteiger partial charge >= 0.3 is 0 Å². The smallest absolute Gasteiger partial charge is 0.0651 e. The van der Waals surface area contributed by atoms with E-state index in [0.717, 1.165) is 31.6 Å². The summed E-state index contributed by atoms with van der Waals surface area (Å²) in [5.41, 5.74) is 3.91. The summed E-state index contributed by atoms with van der Waals surface area (Å²) in [7, 11) is 0. The van der Waals surface area contributed by atoms with Gasteiger partial charge < -0.3 is 5.32 Å². The first-order valence-electron chi connectivity index (χ1n) is 6.42. The van der Waals surface area contributed by atoms with Crippen molar-refractivity contribution < 1.29 is 0 Å². The van der Waals surface area contributed by atoms with Crippen molar-refractivity contribution in [3.8, 4) is 5.69 Å². The van der Waals surface area contributed by atoms with Crippen LogP contribution in [0.15, 0.2) is 48.3 Å². The van der Waals surface area contributed by atoms with E-state index >= 15 is 0 Å². The van der Waals surface area contributed by atoms with E-state index in [1.165, 1.54) is 11.1 Å². The Morgan fingerprint density at radius 2 is 2.06 bits per heavy atom. The van der Waals surface area contributed by atoms with Crippen molar-refractivity contribution in [2.24, 2.45) is 0 Å². The topological polar surface area (TPSA) is 29.9 Å². The number of rotatable bonds is 2. The van der Waals surface area contributed by atoms with Crippen LogP contribution in [0.5, 0.6) is 0 Å². The molecular formula is C15H17N3. The molecule has 0 aliphatic carbocycles. The highest BCUT2D eigenvalue weighted by molar-refractivity contribution is 5.56. The van der Waals surface area contributed by atoms with Gasteiger partial charge in [-0.25, -0.2) is 4.68 Å². The van der Waals surface area contributed by atoms with Gasteiger partial charge in [0.1, 0.15) is 0 Å². The molecule has 0 unspecified atom stereocenters. The van der Waals surface area contributed by atoms with Crippen molar-refractivity contribution in [2.75, 3.05) is 13.1 Å². The third-order valence-corrected chi connectivity index (χ3v) is 3.26. The number of nitrogens with one attached hydrogen (secondary N) is 1. The van der Waals surface area contributed by atoms with Crippen molar-refractivity contribution in [2.45, 2.75) is 12.8 Å². The lowest BCUT2D eigenvalue weighted by molar-refractivity contribution is 0.613. The van der Waals surface area contributed by atoms with Crippen LogP contribution in [0, 0.1) is 0 Å². The molecule has 0 atom stereocenters. The first-order valence-corrected chi connectivity index (χ1v) is 6.42. The van der Waals surface area contributed by atoms with Crippen LogP contribution in [0.4, 0.5) is 0 Å². The lowest BCUT2D eigenvalue weighted by Gasteiger charge is -2.15. The van der Waals surface area contributed by atoms with E-state index in [1.54, 1.807) is 6.20 Å². The molecule has 1 aromatic carbocycles. The molecule has 0 amide bonds. The minimum atomic E-state index is 1.10. The molecule has 1 fully saturated rings. The molecule has 2 heterocycles. The third-order valence-electron chi connectivity index (χ3n) is 3.26. The van der Waals surface area contributed by atoms with Gasteiger partial charge in [0, 0.05) is 12.4 Å². The quantitative estimate of drug-likeness (QED) is 0.873. The molecule has 0 saturated carbocycles. The Morgan fingerprint density at radius 3 is 2.83 bits per heavy atom. The summed E-state index contributed by atoms with van der Waals surface area (Å²) >= 11 is 0. The van der Waals surface area contributed by atoms with E-state index in [9.17, 15) is 0 Å². The SMILES string of the molecule is C(=C1CCNCC1)c1cccc(-n2cccn2)c1. The number of nitrogens with zero attached hydrogens (tertiary/aromatic N) is 2. The second kappa shape index (κ2) is 5.19. The van der Waals surface area contributed by atoms with Crippen LogP contribution in [0.1, 0.15) is 18.4 Å². The van der Waals surface area contributed by atoms with Crippen molar-refractivity contribution in [3.05, 3.63) is 53.9 Å². The van der Waals surface area contributed by atoms with Gasteiger partial charge in [-0.2, -0.15) is 5.10 Å².